The van der Waals surface area contributed by atoms with Gasteiger partial charge in [-0.2, -0.15) is 0 Å². The second-order valence-corrected chi connectivity index (χ2v) is 4.98. The normalized spacial score (nSPS) is 25.0. The number of likely N-dealkylation sites (tertiary alicyclic amines) is 1. The second kappa shape index (κ2) is 4.42. The highest BCUT2D eigenvalue weighted by molar-refractivity contribution is 5.93. The molecule has 1 fully saturated rings. The number of hydrogen-bond donors (Lipinski definition) is 0. The Balaban J connectivity index is 0.00000108. The summed E-state index contributed by atoms with van der Waals surface area (Å²) in [6.45, 7) is 2.21. The summed E-state index contributed by atoms with van der Waals surface area (Å²) in [4.78, 5) is 11.7. The van der Waals surface area contributed by atoms with Gasteiger partial charge in [-0.3, -0.25) is 4.48 Å². The Hall–Kier alpha value is -0.870. The van der Waals surface area contributed by atoms with Gasteiger partial charge in [0.05, 0.1) is 31.3 Å². The van der Waals surface area contributed by atoms with Crippen LogP contribution in [-0.4, -0.2) is 30.6 Å². The molecule has 0 N–H and O–H groups in total. The third kappa shape index (κ3) is 1.89. The maximum atomic E-state index is 11.7. The number of fused-ring (bicyclic) bond motifs is 1. The number of carbonyl (C=O) groups is 1. The average Bonchev–Trinajstić information content (AvgIpc) is 2.86. The minimum Gasteiger partial charge on any atom is -1.00 e. The number of cyclic esters (lactones) is 1. The molecule has 0 saturated carbocycles. The minimum atomic E-state index is -0.160. The van der Waals surface area contributed by atoms with E-state index in [1.807, 2.05) is 24.3 Å². The van der Waals surface area contributed by atoms with Gasteiger partial charge in [-0.15, -0.1) is 0 Å². The second-order valence-electron chi connectivity index (χ2n) is 4.98. The summed E-state index contributed by atoms with van der Waals surface area (Å²) in [6.07, 6.45) is 2.38. The van der Waals surface area contributed by atoms with Gasteiger partial charge in [-0.05, 0) is 12.1 Å². The standard InChI is InChI=1S/C13H16NO2.BrH/c1-14(8-4-5-9-14)12-10-6-2-3-7-11(10)13(15)16-12;/h2-3,6-7,12H,4-5,8-9H2,1H3;1H/q+1;/p-1. The van der Waals surface area contributed by atoms with Crippen molar-refractivity contribution in [3.8, 4) is 0 Å². The number of carbonyl (C=O) groups excluding carboxylic acids is 1. The molecule has 92 valence electrons. The Kier molecular flexibility index (Phi) is 3.27. The van der Waals surface area contributed by atoms with Crippen molar-refractivity contribution in [2.24, 2.45) is 0 Å². The fraction of sp³-hybridized carbons (Fsp3) is 0.462. The molecule has 0 aliphatic carbocycles. The predicted octanol–water partition coefficient (Wildman–Crippen LogP) is -0.900. The van der Waals surface area contributed by atoms with Gasteiger partial charge in [0, 0.05) is 12.8 Å². The summed E-state index contributed by atoms with van der Waals surface area (Å²) < 4.78 is 6.40. The molecule has 0 bridgehead atoms. The Bertz CT molecular complexity index is 441. The quantitative estimate of drug-likeness (QED) is 0.496. The van der Waals surface area contributed by atoms with Gasteiger partial charge in [-0.1, -0.05) is 12.1 Å². The Morgan fingerprint density at radius 1 is 1.24 bits per heavy atom. The van der Waals surface area contributed by atoms with Crippen molar-refractivity contribution in [1.29, 1.82) is 0 Å². The summed E-state index contributed by atoms with van der Waals surface area (Å²) in [5.74, 6) is -0.160. The molecule has 0 spiro atoms. The number of esters is 1. The predicted molar refractivity (Wildman–Crippen MR) is 59.8 cm³/mol. The van der Waals surface area contributed by atoms with E-state index in [4.69, 9.17) is 4.74 Å². The Labute approximate surface area is 112 Å². The van der Waals surface area contributed by atoms with E-state index < -0.39 is 0 Å². The first-order valence-corrected chi connectivity index (χ1v) is 5.85. The zero-order valence-corrected chi connectivity index (χ0v) is 11.4. The van der Waals surface area contributed by atoms with E-state index in [1.165, 1.54) is 12.8 Å². The van der Waals surface area contributed by atoms with Crippen molar-refractivity contribution in [3.05, 3.63) is 35.4 Å². The topological polar surface area (TPSA) is 26.3 Å². The first kappa shape index (κ1) is 12.6. The monoisotopic (exact) mass is 297 g/mol. The van der Waals surface area contributed by atoms with Crippen LogP contribution < -0.4 is 17.0 Å². The highest BCUT2D eigenvalue weighted by Crippen LogP contribution is 2.39. The van der Waals surface area contributed by atoms with Gasteiger partial charge in [0.1, 0.15) is 0 Å². The fourth-order valence-corrected chi connectivity index (χ4v) is 2.88. The van der Waals surface area contributed by atoms with Crippen LogP contribution in [0.5, 0.6) is 0 Å². The van der Waals surface area contributed by atoms with E-state index in [0.29, 0.717) is 0 Å². The molecule has 2 aliphatic rings. The summed E-state index contributed by atoms with van der Waals surface area (Å²) in [7, 11) is 2.19. The van der Waals surface area contributed by atoms with Crippen LogP contribution in [0.2, 0.25) is 0 Å². The fourth-order valence-electron chi connectivity index (χ4n) is 2.88. The maximum absolute atomic E-state index is 11.7. The summed E-state index contributed by atoms with van der Waals surface area (Å²) in [6, 6.07) is 7.76. The van der Waals surface area contributed by atoms with Crippen LogP contribution in [-0.2, 0) is 4.74 Å². The summed E-state index contributed by atoms with van der Waals surface area (Å²) in [5, 5.41) is 0. The van der Waals surface area contributed by atoms with Crippen LogP contribution >= 0.6 is 0 Å². The van der Waals surface area contributed by atoms with Crippen molar-refractivity contribution in [2.45, 2.75) is 19.1 Å². The number of quaternary nitrogens is 1. The van der Waals surface area contributed by atoms with E-state index in [9.17, 15) is 4.79 Å². The highest BCUT2D eigenvalue weighted by atomic mass is 79.9. The van der Waals surface area contributed by atoms with E-state index >= 15 is 0 Å². The van der Waals surface area contributed by atoms with Gasteiger partial charge in [-0.25, -0.2) is 4.79 Å². The van der Waals surface area contributed by atoms with E-state index in [1.54, 1.807) is 0 Å². The zero-order valence-electron chi connectivity index (χ0n) is 9.86. The molecule has 3 rings (SSSR count). The van der Waals surface area contributed by atoms with E-state index in [2.05, 4.69) is 7.05 Å². The van der Waals surface area contributed by atoms with Crippen LogP contribution in [0.25, 0.3) is 0 Å². The number of nitrogens with zero attached hydrogens (tertiary/aromatic N) is 1. The van der Waals surface area contributed by atoms with Crippen molar-refractivity contribution >= 4 is 5.97 Å². The Morgan fingerprint density at radius 3 is 2.59 bits per heavy atom. The minimum absolute atomic E-state index is 0. The molecule has 1 unspecified atom stereocenters. The van der Waals surface area contributed by atoms with Crippen molar-refractivity contribution in [1.82, 2.24) is 0 Å². The summed E-state index contributed by atoms with van der Waals surface area (Å²) >= 11 is 0. The summed E-state index contributed by atoms with van der Waals surface area (Å²) in [5.41, 5.74) is 1.82. The van der Waals surface area contributed by atoms with E-state index in [-0.39, 0.29) is 29.2 Å². The molecular weight excluding hydrogens is 282 g/mol. The van der Waals surface area contributed by atoms with Crippen molar-refractivity contribution < 1.29 is 31.0 Å². The molecule has 0 amide bonds. The SMILES string of the molecule is C[N+]1(C2OC(=O)c3ccccc32)CCCC1.[Br-]. The molecule has 1 atom stereocenters. The molecule has 0 aromatic heterocycles. The molecule has 4 heteroatoms. The largest absolute Gasteiger partial charge is 1.00 e. The molecule has 0 radical (unpaired) electrons. The first-order chi connectivity index (χ1) is 7.71. The van der Waals surface area contributed by atoms with Crippen LogP contribution in [0.15, 0.2) is 24.3 Å². The maximum Gasteiger partial charge on any atom is 0.343 e. The van der Waals surface area contributed by atoms with Crippen LogP contribution in [0, 0.1) is 0 Å². The zero-order chi connectivity index (χ0) is 11.2. The molecule has 1 aromatic carbocycles. The lowest BCUT2D eigenvalue weighted by Gasteiger charge is -2.34. The molecule has 1 saturated heterocycles. The van der Waals surface area contributed by atoms with Crippen LogP contribution in [0.1, 0.15) is 35.0 Å². The Morgan fingerprint density at radius 2 is 1.88 bits per heavy atom. The first-order valence-electron chi connectivity index (χ1n) is 5.85. The smallest absolute Gasteiger partial charge is 0.343 e. The molecule has 2 heterocycles. The molecule has 2 aliphatic heterocycles. The molecule has 1 aromatic rings. The van der Waals surface area contributed by atoms with Crippen LogP contribution in [0.4, 0.5) is 0 Å². The average molecular weight is 298 g/mol. The van der Waals surface area contributed by atoms with Gasteiger partial charge in [0.25, 0.3) is 6.23 Å². The van der Waals surface area contributed by atoms with Gasteiger partial charge >= 0.3 is 5.97 Å². The number of halogens is 1. The van der Waals surface area contributed by atoms with Gasteiger partial charge in [0.2, 0.25) is 0 Å². The van der Waals surface area contributed by atoms with E-state index in [0.717, 1.165) is 28.7 Å². The lowest BCUT2D eigenvalue weighted by molar-refractivity contribution is -0.947. The third-order valence-corrected chi connectivity index (χ3v) is 3.82. The number of benzene rings is 1. The number of ether oxygens (including phenoxy) is 1. The lowest BCUT2D eigenvalue weighted by Crippen LogP contribution is -3.00. The van der Waals surface area contributed by atoms with Gasteiger partial charge < -0.3 is 21.7 Å². The number of hydrogen-bond acceptors (Lipinski definition) is 2. The van der Waals surface area contributed by atoms with Crippen LogP contribution in [0.3, 0.4) is 0 Å². The van der Waals surface area contributed by atoms with Crippen molar-refractivity contribution in [3.63, 3.8) is 0 Å². The highest BCUT2D eigenvalue weighted by Gasteiger charge is 2.45. The van der Waals surface area contributed by atoms with Gasteiger partial charge in [0.15, 0.2) is 0 Å². The third-order valence-electron chi connectivity index (χ3n) is 3.82. The molecule has 3 nitrogen and oxygen atoms in total. The van der Waals surface area contributed by atoms with Crippen molar-refractivity contribution in [2.75, 3.05) is 20.1 Å². The number of rotatable bonds is 1. The lowest BCUT2D eigenvalue weighted by atomic mass is 10.1. The molecule has 17 heavy (non-hydrogen) atoms. The molecular formula is C13H16BrNO2.